The maximum Gasteiger partial charge on any atom is 0.0385 e. The molecule has 3 aromatic carbocycles. The minimum atomic E-state index is 0.644. The molecule has 1 nitrogen and oxygen atoms in total. The van der Waals surface area contributed by atoms with E-state index < -0.39 is 0 Å². The lowest BCUT2D eigenvalue weighted by molar-refractivity contribution is 0.681. The summed E-state index contributed by atoms with van der Waals surface area (Å²) in [5.74, 6) is 0.644. The van der Waals surface area contributed by atoms with Crippen molar-refractivity contribution in [2.75, 3.05) is 5.32 Å². The molecule has 1 N–H and O–H groups in total. The first kappa shape index (κ1) is 20.9. The van der Waals surface area contributed by atoms with Crippen molar-refractivity contribution in [1.29, 1.82) is 0 Å². The molecule has 0 saturated heterocycles. The maximum absolute atomic E-state index is 3.50. The molecule has 0 aliphatic heterocycles. The zero-order valence-corrected chi connectivity index (χ0v) is 19.3. The quantitative estimate of drug-likeness (QED) is 0.420. The molecular weight excluding hydrogens is 402 g/mol. The molecule has 0 bridgehead atoms. The first-order valence-corrected chi connectivity index (χ1v) is 12.0. The van der Waals surface area contributed by atoms with Gasteiger partial charge in [-0.1, -0.05) is 65.9 Å². The minimum Gasteiger partial charge on any atom is -0.356 e. The monoisotopic (exact) mass is 429 g/mol. The van der Waals surface area contributed by atoms with E-state index in [9.17, 15) is 0 Å². The summed E-state index contributed by atoms with van der Waals surface area (Å²) >= 11 is 3.67. The summed E-state index contributed by atoms with van der Waals surface area (Å²) in [6.45, 7) is 6.64. The molecule has 0 saturated carbocycles. The van der Waals surface area contributed by atoms with E-state index in [0.29, 0.717) is 5.92 Å². The molecule has 0 aromatic heterocycles. The minimum absolute atomic E-state index is 0.644. The summed E-state index contributed by atoms with van der Waals surface area (Å²) in [5, 5.41) is 3.50. The molecule has 30 heavy (non-hydrogen) atoms. The van der Waals surface area contributed by atoms with Crippen molar-refractivity contribution in [3.63, 3.8) is 0 Å². The Labute approximate surface area is 188 Å². The molecule has 0 spiro atoms. The smallest absolute Gasteiger partial charge is 0.0385 e. The summed E-state index contributed by atoms with van der Waals surface area (Å²) in [7, 11) is 0. The highest BCUT2D eigenvalue weighted by Gasteiger charge is 2.12. The highest BCUT2D eigenvalue weighted by Crippen LogP contribution is 2.36. The molecule has 1 atom stereocenters. The molecule has 152 valence electrons. The van der Waals surface area contributed by atoms with E-state index in [1.54, 1.807) is 11.8 Å². The van der Waals surface area contributed by atoms with Crippen molar-refractivity contribution >= 4 is 34.9 Å². The molecule has 1 aliphatic rings. The lowest BCUT2D eigenvalue weighted by atomic mass is 9.95. The fourth-order valence-electron chi connectivity index (χ4n) is 3.27. The van der Waals surface area contributed by atoms with Crippen molar-refractivity contribution in [2.24, 2.45) is 5.92 Å². The molecule has 0 fully saturated rings. The molecule has 1 unspecified atom stereocenters. The number of benzene rings is 3. The van der Waals surface area contributed by atoms with Gasteiger partial charge in [-0.3, -0.25) is 0 Å². The van der Waals surface area contributed by atoms with Gasteiger partial charge in [0, 0.05) is 26.1 Å². The number of anilines is 2. The van der Waals surface area contributed by atoms with Gasteiger partial charge in [-0.25, -0.2) is 0 Å². The third kappa shape index (κ3) is 5.62. The van der Waals surface area contributed by atoms with Gasteiger partial charge < -0.3 is 5.32 Å². The van der Waals surface area contributed by atoms with Crippen molar-refractivity contribution in [2.45, 2.75) is 41.9 Å². The molecule has 1 aliphatic carbocycles. The predicted octanol–water partition coefficient (Wildman–Crippen LogP) is 8.85. The van der Waals surface area contributed by atoms with Crippen LogP contribution in [0.4, 0.5) is 11.4 Å². The average molecular weight is 430 g/mol. The van der Waals surface area contributed by atoms with Gasteiger partial charge in [-0.05, 0) is 91.8 Å². The Kier molecular flexibility index (Phi) is 6.71. The van der Waals surface area contributed by atoms with Gasteiger partial charge in [0.2, 0.25) is 0 Å². The summed E-state index contributed by atoms with van der Waals surface area (Å²) < 4.78 is 0. The third-order valence-corrected chi connectivity index (χ3v) is 7.41. The Bertz CT molecular complexity index is 1050. The number of hydrogen-bond acceptors (Lipinski definition) is 3. The highest BCUT2D eigenvalue weighted by molar-refractivity contribution is 8.03. The van der Waals surface area contributed by atoms with Gasteiger partial charge in [0.05, 0.1) is 0 Å². The lowest BCUT2D eigenvalue weighted by Gasteiger charge is -2.18. The van der Waals surface area contributed by atoms with Gasteiger partial charge in [-0.15, -0.1) is 0 Å². The fourth-order valence-corrected chi connectivity index (χ4v) is 5.13. The summed E-state index contributed by atoms with van der Waals surface area (Å²) in [5.41, 5.74) is 4.98. The van der Waals surface area contributed by atoms with Crippen LogP contribution in [0.15, 0.2) is 110 Å². The van der Waals surface area contributed by atoms with Crippen LogP contribution in [0.1, 0.15) is 25.8 Å². The number of nitrogens with one attached hydrogen (secondary N) is 1. The Morgan fingerprint density at radius 2 is 1.17 bits per heavy atom. The molecule has 0 heterocycles. The zero-order chi connectivity index (χ0) is 20.9. The second-order valence-corrected chi connectivity index (χ2v) is 10.2. The largest absolute Gasteiger partial charge is 0.356 e. The maximum atomic E-state index is 3.50. The normalized spacial score (nSPS) is 16.0. The van der Waals surface area contributed by atoms with Crippen LogP contribution in [0.3, 0.4) is 0 Å². The van der Waals surface area contributed by atoms with Crippen molar-refractivity contribution < 1.29 is 0 Å². The first-order valence-electron chi connectivity index (χ1n) is 10.3. The van der Waals surface area contributed by atoms with Crippen LogP contribution in [-0.4, -0.2) is 0 Å². The summed E-state index contributed by atoms with van der Waals surface area (Å²) in [6.07, 6.45) is 5.66. The molecular formula is C27H27NS2. The molecule has 3 heteroatoms. The van der Waals surface area contributed by atoms with Crippen molar-refractivity contribution in [3.05, 3.63) is 101 Å². The van der Waals surface area contributed by atoms with E-state index in [1.165, 1.54) is 30.7 Å². The van der Waals surface area contributed by atoms with E-state index in [1.807, 2.05) is 11.8 Å². The SMILES string of the molecule is CC1=CC=C(Sc2ccc(Nc3ccc(Sc4ccc(C)cc4)cc3)cc2)CC1C. The van der Waals surface area contributed by atoms with Crippen molar-refractivity contribution in [3.8, 4) is 0 Å². The van der Waals surface area contributed by atoms with E-state index in [-0.39, 0.29) is 0 Å². The molecule has 0 radical (unpaired) electrons. The van der Waals surface area contributed by atoms with E-state index in [0.717, 1.165) is 17.8 Å². The van der Waals surface area contributed by atoms with E-state index >= 15 is 0 Å². The summed E-state index contributed by atoms with van der Waals surface area (Å²) in [6, 6.07) is 26.0. The van der Waals surface area contributed by atoms with Gasteiger partial charge >= 0.3 is 0 Å². The van der Waals surface area contributed by atoms with Crippen molar-refractivity contribution in [1.82, 2.24) is 0 Å². The number of rotatable bonds is 6. The topological polar surface area (TPSA) is 12.0 Å². The van der Waals surface area contributed by atoms with Crippen LogP contribution in [-0.2, 0) is 0 Å². The number of aryl methyl sites for hydroxylation is 1. The van der Waals surface area contributed by atoms with Crippen LogP contribution in [0.5, 0.6) is 0 Å². The Balaban J connectivity index is 1.34. The standard InChI is InChI=1S/C27H27NS2/c1-19-4-11-24(12-5-19)29-25-14-7-22(8-15-25)28-23-9-16-26(17-10-23)30-27-13-6-20(2)21(3)18-27/h4-17,21,28H,18H2,1-3H3. The number of hydrogen-bond donors (Lipinski definition) is 1. The second-order valence-electron chi connectivity index (χ2n) is 7.84. The Hall–Kier alpha value is -2.36. The lowest BCUT2D eigenvalue weighted by Crippen LogP contribution is -2.01. The molecule has 3 aromatic rings. The summed E-state index contributed by atoms with van der Waals surface area (Å²) in [4.78, 5) is 5.24. The zero-order valence-electron chi connectivity index (χ0n) is 17.7. The Morgan fingerprint density at radius 3 is 1.70 bits per heavy atom. The first-order chi connectivity index (χ1) is 14.5. The van der Waals surface area contributed by atoms with Crippen LogP contribution < -0.4 is 5.32 Å². The Morgan fingerprint density at radius 1 is 0.667 bits per heavy atom. The van der Waals surface area contributed by atoms with Gasteiger partial charge in [0.15, 0.2) is 0 Å². The van der Waals surface area contributed by atoms with Crippen LogP contribution in [0.2, 0.25) is 0 Å². The van der Waals surface area contributed by atoms with Crippen LogP contribution in [0, 0.1) is 12.8 Å². The molecule has 4 rings (SSSR count). The van der Waals surface area contributed by atoms with Crippen LogP contribution >= 0.6 is 23.5 Å². The average Bonchev–Trinajstić information content (AvgIpc) is 2.75. The fraction of sp³-hybridized carbons (Fsp3) is 0.185. The molecule has 0 amide bonds. The highest BCUT2D eigenvalue weighted by atomic mass is 32.2. The van der Waals surface area contributed by atoms with E-state index in [2.05, 4.69) is 111 Å². The third-order valence-electron chi connectivity index (χ3n) is 5.32. The van der Waals surface area contributed by atoms with Gasteiger partial charge in [0.1, 0.15) is 0 Å². The van der Waals surface area contributed by atoms with Crippen LogP contribution in [0.25, 0.3) is 0 Å². The predicted molar refractivity (Wildman–Crippen MR) is 133 cm³/mol. The van der Waals surface area contributed by atoms with Gasteiger partial charge in [0.25, 0.3) is 0 Å². The number of thioether (sulfide) groups is 1. The number of allylic oxidation sites excluding steroid dienone is 4. The second kappa shape index (κ2) is 9.63. The van der Waals surface area contributed by atoms with Gasteiger partial charge in [-0.2, -0.15) is 0 Å². The van der Waals surface area contributed by atoms with E-state index in [4.69, 9.17) is 0 Å².